The largest absolute Gasteiger partial charge is 0.382 e. The maximum Gasteiger partial charge on any atom is 0.273 e. The molecule has 7 heteroatoms. The van der Waals surface area contributed by atoms with Crippen LogP contribution in [0.15, 0.2) is 36.7 Å². The molecule has 1 unspecified atom stereocenters. The Balaban J connectivity index is 1.76. The predicted molar refractivity (Wildman–Crippen MR) is 93.8 cm³/mol. The van der Waals surface area contributed by atoms with E-state index in [0.29, 0.717) is 11.6 Å². The Morgan fingerprint density at radius 1 is 1.25 bits per heavy atom. The van der Waals surface area contributed by atoms with Gasteiger partial charge >= 0.3 is 0 Å². The molecule has 1 aliphatic rings. The van der Waals surface area contributed by atoms with Crippen molar-refractivity contribution in [2.45, 2.75) is 18.9 Å². The molecule has 126 valence electrons. The van der Waals surface area contributed by atoms with Gasteiger partial charge in [0, 0.05) is 24.0 Å². The van der Waals surface area contributed by atoms with Gasteiger partial charge in [-0.2, -0.15) is 0 Å². The summed E-state index contributed by atoms with van der Waals surface area (Å²) >= 11 is 6.37. The number of nitrogen functional groups attached to an aromatic ring is 1. The fraction of sp³-hybridized carbons (Fsp3) is 0.353. The summed E-state index contributed by atoms with van der Waals surface area (Å²) < 4.78 is 0. The van der Waals surface area contributed by atoms with Crippen molar-refractivity contribution in [3.8, 4) is 0 Å². The minimum absolute atomic E-state index is 0.0306. The molecule has 1 aromatic carbocycles. The topological polar surface area (TPSA) is 84.1 Å². The van der Waals surface area contributed by atoms with Crippen molar-refractivity contribution in [1.29, 1.82) is 0 Å². The first-order valence-electron chi connectivity index (χ1n) is 8.00. The summed E-state index contributed by atoms with van der Waals surface area (Å²) in [7, 11) is 0. The fourth-order valence-corrected chi connectivity index (χ4v) is 3.29. The first-order valence-corrected chi connectivity index (χ1v) is 8.38. The molecule has 0 aliphatic carbocycles. The van der Waals surface area contributed by atoms with Crippen LogP contribution in [0, 0.1) is 0 Å². The molecule has 1 saturated heterocycles. The molecule has 1 atom stereocenters. The van der Waals surface area contributed by atoms with Crippen LogP contribution in [0.2, 0.25) is 5.02 Å². The summed E-state index contributed by atoms with van der Waals surface area (Å²) in [5, 5.41) is 3.63. The van der Waals surface area contributed by atoms with Crippen LogP contribution >= 0.6 is 11.6 Å². The van der Waals surface area contributed by atoms with Gasteiger partial charge < -0.3 is 11.1 Å². The van der Waals surface area contributed by atoms with Crippen LogP contribution in [-0.2, 0) is 0 Å². The van der Waals surface area contributed by atoms with Crippen LogP contribution in [0.3, 0.4) is 0 Å². The summed E-state index contributed by atoms with van der Waals surface area (Å²) in [6, 6.07) is 7.79. The molecule has 3 N–H and O–H groups in total. The lowest BCUT2D eigenvalue weighted by Gasteiger charge is -2.28. The van der Waals surface area contributed by atoms with Gasteiger partial charge in [-0.25, -0.2) is 9.97 Å². The summed E-state index contributed by atoms with van der Waals surface area (Å²) in [6.45, 7) is 2.44. The van der Waals surface area contributed by atoms with Crippen LogP contribution in [0.5, 0.6) is 0 Å². The molecular weight excluding hydrogens is 326 g/mol. The lowest BCUT2D eigenvalue weighted by atomic mass is 10.1. The molecule has 2 heterocycles. The van der Waals surface area contributed by atoms with Crippen LogP contribution in [0.25, 0.3) is 0 Å². The van der Waals surface area contributed by atoms with Crippen molar-refractivity contribution in [3.05, 3.63) is 52.9 Å². The number of nitrogens with zero attached hydrogens (tertiary/aromatic N) is 3. The van der Waals surface area contributed by atoms with Gasteiger partial charge in [-0.3, -0.25) is 9.69 Å². The molecule has 0 bridgehead atoms. The second-order valence-electron chi connectivity index (χ2n) is 5.78. The van der Waals surface area contributed by atoms with Crippen LogP contribution < -0.4 is 11.1 Å². The minimum atomic E-state index is -0.322. The van der Waals surface area contributed by atoms with Crippen molar-refractivity contribution < 1.29 is 4.79 Å². The number of benzene rings is 1. The number of hydrogen-bond acceptors (Lipinski definition) is 5. The van der Waals surface area contributed by atoms with Crippen molar-refractivity contribution >= 4 is 23.3 Å². The Morgan fingerprint density at radius 3 is 2.67 bits per heavy atom. The Labute approximate surface area is 146 Å². The number of nitrogens with one attached hydrogen (secondary N) is 1. The highest BCUT2D eigenvalue weighted by Crippen LogP contribution is 2.29. The van der Waals surface area contributed by atoms with E-state index in [1.165, 1.54) is 12.4 Å². The highest BCUT2D eigenvalue weighted by molar-refractivity contribution is 6.31. The molecule has 1 aromatic heterocycles. The summed E-state index contributed by atoms with van der Waals surface area (Å²) in [6.07, 6.45) is 5.23. The second-order valence-corrected chi connectivity index (χ2v) is 6.19. The number of likely N-dealkylation sites (tertiary alicyclic amines) is 1. The lowest BCUT2D eigenvalue weighted by molar-refractivity contribution is 0.0933. The molecule has 24 heavy (non-hydrogen) atoms. The number of anilines is 1. The number of nitrogens with two attached hydrogens (primary N) is 1. The van der Waals surface area contributed by atoms with E-state index >= 15 is 0 Å². The van der Waals surface area contributed by atoms with E-state index in [1.54, 1.807) is 0 Å². The van der Waals surface area contributed by atoms with E-state index in [1.807, 2.05) is 24.3 Å². The van der Waals surface area contributed by atoms with Crippen LogP contribution in [-0.4, -0.2) is 40.4 Å². The number of carbonyl (C=O) groups is 1. The van der Waals surface area contributed by atoms with Gasteiger partial charge in [-0.15, -0.1) is 0 Å². The van der Waals surface area contributed by atoms with E-state index < -0.39 is 0 Å². The van der Waals surface area contributed by atoms with Crippen LogP contribution in [0.1, 0.15) is 34.9 Å². The highest BCUT2D eigenvalue weighted by atomic mass is 35.5. The Bertz CT molecular complexity index is 718. The smallest absolute Gasteiger partial charge is 0.273 e. The van der Waals surface area contributed by atoms with E-state index in [0.717, 1.165) is 31.5 Å². The zero-order valence-electron chi connectivity index (χ0n) is 13.3. The molecule has 3 rings (SSSR count). The molecule has 0 spiro atoms. The fourth-order valence-electron chi connectivity index (χ4n) is 3.03. The average molecular weight is 346 g/mol. The third kappa shape index (κ3) is 3.66. The van der Waals surface area contributed by atoms with Crippen molar-refractivity contribution in [2.24, 2.45) is 0 Å². The minimum Gasteiger partial charge on any atom is -0.382 e. The van der Waals surface area contributed by atoms with Gasteiger partial charge in [0.25, 0.3) is 5.91 Å². The third-order valence-corrected chi connectivity index (χ3v) is 4.59. The number of amides is 1. The second kappa shape index (κ2) is 7.59. The van der Waals surface area contributed by atoms with Gasteiger partial charge in [-0.05, 0) is 37.6 Å². The Hall–Kier alpha value is -2.18. The first-order chi connectivity index (χ1) is 11.7. The maximum absolute atomic E-state index is 12.4. The lowest BCUT2D eigenvalue weighted by Crippen LogP contribution is -2.37. The van der Waals surface area contributed by atoms with Gasteiger partial charge in [0.1, 0.15) is 0 Å². The van der Waals surface area contributed by atoms with E-state index in [4.69, 9.17) is 17.3 Å². The van der Waals surface area contributed by atoms with Crippen molar-refractivity contribution in [1.82, 2.24) is 20.2 Å². The molecule has 1 fully saturated rings. The van der Waals surface area contributed by atoms with E-state index in [9.17, 15) is 4.79 Å². The van der Waals surface area contributed by atoms with Crippen LogP contribution in [0.4, 0.5) is 5.82 Å². The number of halogens is 1. The number of carbonyl (C=O) groups excluding carboxylic acids is 1. The molecular formula is C17H20ClN5O. The third-order valence-electron chi connectivity index (χ3n) is 4.24. The zero-order chi connectivity index (χ0) is 16.9. The van der Waals surface area contributed by atoms with Crippen molar-refractivity contribution in [3.63, 3.8) is 0 Å². The molecule has 0 radical (unpaired) electrons. The van der Waals surface area contributed by atoms with Gasteiger partial charge in [0.2, 0.25) is 0 Å². The Kier molecular flexibility index (Phi) is 5.27. The Morgan fingerprint density at radius 2 is 1.96 bits per heavy atom. The molecule has 1 aliphatic heterocycles. The quantitative estimate of drug-likeness (QED) is 0.868. The molecule has 2 aromatic rings. The summed E-state index contributed by atoms with van der Waals surface area (Å²) in [5.41, 5.74) is 6.89. The molecule has 0 saturated carbocycles. The number of aromatic nitrogens is 2. The van der Waals surface area contributed by atoms with Gasteiger partial charge in [-0.1, -0.05) is 29.8 Å². The van der Waals surface area contributed by atoms with E-state index in [-0.39, 0.29) is 23.5 Å². The maximum atomic E-state index is 12.4. The van der Waals surface area contributed by atoms with Gasteiger partial charge in [0.15, 0.2) is 11.5 Å². The number of rotatable bonds is 5. The average Bonchev–Trinajstić information content (AvgIpc) is 3.11. The first kappa shape index (κ1) is 16.7. The normalized spacial score (nSPS) is 16.0. The molecule has 6 nitrogen and oxygen atoms in total. The monoisotopic (exact) mass is 345 g/mol. The van der Waals surface area contributed by atoms with Gasteiger partial charge in [0.05, 0.1) is 6.04 Å². The SMILES string of the molecule is Nc1nccnc1C(=O)NCC(c1ccccc1Cl)N1CCCC1. The summed E-state index contributed by atoms with van der Waals surface area (Å²) in [4.78, 5) is 22.6. The summed E-state index contributed by atoms with van der Waals surface area (Å²) in [5.74, 6) is -0.192. The number of hydrogen-bond donors (Lipinski definition) is 2. The highest BCUT2D eigenvalue weighted by Gasteiger charge is 2.26. The zero-order valence-corrected chi connectivity index (χ0v) is 14.0. The predicted octanol–water partition coefficient (Wildman–Crippen LogP) is 2.28. The standard InChI is InChI=1S/C17H20ClN5O/c18-13-6-2-1-5-12(13)14(23-9-3-4-10-23)11-22-17(24)15-16(19)21-8-7-20-15/h1-2,5-8,14H,3-4,9-11H2,(H2,19,21)(H,22,24). The van der Waals surface area contributed by atoms with Crippen molar-refractivity contribution in [2.75, 3.05) is 25.4 Å². The van der Waals surface area contributed by atoms with E-state index in [2.05, 4.69) is 20.2 Å². The molecule has 1 amide bonds.